The van der Waals surface area contributed by atoms with E-state index in [-0.39, 0.29) is 5.91 Å². The topological polar surface area (TPSA) is 46.4 Å². The number of nitrogens with zero attached hydrogens (tertiary/aromatic N) is 2. The molecule has 0 spiro atoms. The van der Waals surface area contributed by atoms with Gasteiger partial charge in [0.05, 0.1) is 12.6 Å². The minimum Gasteiger partial charge on any atom is -0.318 e. The normalized spacial score (nSPS) is 11.2. The van der Waals surface area contributed by atoms with Gasteiger partial charge in [0.1, 0.15) is 0 Å². The molecule has 4 heteroatoms. The lowest BCUT2D eigenvalue weighted by molar-refractivity contribution is -0.120. The highest BCUT2D eigenvalue weighted by Gasteiger charge is 2.10. The Labute approximate surface area is 166 Å². The van der Waals surface area contributed by atoms with Gasteiger partial charge in [0.15, 0.2) is 0 Å². The molecule has 3 rings (SSSR count). The summed E-state index contributed by atoms with van der Waals surface area (Å²) in [4.78, 5) is 12.2. The highest BCUT2D eigenvalue weighted by Crippen LogP contribution is 2.20. The maximum absolute atomic E-state index is 12.2. The van der Waals surface area contributed by atoms with Crippen molar-refractivity contribution in [2.24, 2.45) is 5.10 Å². The second-order valence-corrected chi connectivity index (χ2v) is 7.40. The van der Waals surface area contributed by atoms with Gasteiger partial charge < -0.3 is 4.57 Å². The quantitative estimate of drug-likeness (QED) is 0.511. The van der Waals surface area contributed by atoms with Gasteiger partial charge in [-0.2, -0.15) is 5.10 Å². The zero-order valence-corrected chi connectivity index (χ0v) is 17.2. The maximum Gasteiger partial charge on any atom is 0.244 e. The van der Waals surface area contributed by atoms with Crippen LogP contribution in [-0.2, 0) is 11.2 Å². The SMILES string of the molecule is Cc1ccc(-n2c(C)cc(/C=N\NC(=O)Cc3ccc(C)cc3C)c2C)cc1. The highest BCUT2D eigenvalue weighted by molar-refractivity contribution is 5.85. The van der Waals surface area contributed by atoms with Gasteiger partial charge >= 0.3 is 0 Å². The molecule has 0 unspecified atom stereocenters. The summed E-state index contributed by atoms with van der Waals surface area (Å²) in [6, 6.07) is 16.6. The molecular weight excluding hydrogens is 346 g/mol. The predicted octanol–water partition coefficient (Wildman–Crippen LogP) is 4.71. The zero-order valence-electron chi connectivity index (χ0n) is 17.2. The first-order valence-corrected chi connectivity index (χ1v) is 9.49. The first-order valence-electron chi connectivity index (χ1n) is 9.49. The van der Waals surface area contributed by atoms with Gasteiger partial charge in [0.2, 0.25) is 5.91 Å². The van der Waals surface area contributed by atoms with Crippen LogP contribution in [0.25, 0.3) is 5.69 Å². The van der Waals surface area contributed by atoms with Crippen LogP contribution < -0.4 is 5.43 Å². The number of carbonyl (C=O) groups is 1. The number of benzene rings is 2. The number of hydrogen-bond donors (Lipinski definition) is 1. The molecular formula is C24H27N3O. The monoisotopic (exact) mass is 373 g/mol. The van der Waals surface area contributed by atoms with Crippen molar-refractivity contribution in [1.29, 1.82) is 0 Å². The summed E-state index contributed by atoms with van der Waals surface area (Å²) in [5, 5.41) is 4.17. The highest BCUT2D eigenvalue weighted by atomic mass is 16.2. The molecule has 3 aromatic rings. The molecule has 0 saturated heterocycles. The van der Waals surface area contributed by atoms with E-state index in [1.165, 1.54) is 11.1 Å². The Morgan fingerprint density at radius 2 is 1.64 bits per heavy atom. The third kappa shape index (κ3) is 4.39. The molecule has 28 heavy (non-hydrogen) atoms. The lowest BCUT2D eigenvalue weighted by atomic mass is 10.0. The summed E-state index contributed by atoms with van der Waals surface area (Å²) in [5.74, 6) is -0.115. The molecule has 0 aliphatic carbocycles. The van der Waals surface area contributed by atoms with E-state index in [1.54, 1.807) is 6.21 Å². The Hall–Kier alpha value is -3.14. The van der Waals surface area contributed by atoms with Crippen LogP contribution in [-0.4, -0.2) is 16.7 Å². The van der Waals surface area contributed by atoms with E-state index in [4.69, 9.17) is 0 Å². The van der Waals surface area contributed by atoms with Gasteiger partial charge in [-0.05, 0) is 63.9 Å². The minimum atomic E-state index is -0.115. The van der Waals surface area contributed by atoms with E-state index in [1.807, 2.05) is 26.0 Å². The number of hydrazone groups is 1. The van der Waals surface area contributed by atoms with Crippen LogP contribution in [0.3, 0.4) is 0 Å². The van der Waals surface area contributed by atoms with E-state index >= 15 is 0 Å². The molecule has 1 amide bonds. The average Bonchev–Trinajstić information content (AvgIpc) is 2.92. The smallest absolute Gasteiger partial charge is 0.244 e. The fourth-order valence-electron chi connectivity index (χ4n) is 3.44. The molecule has 0 radical (unpaired) electrons. The second-order valence-electron chi connectivity index (χ2n) is 7.40. The first-order chi connectivity index (χ1) is 13.3. The average molecular weight is 374 g/mol. The van der Waals surface area contributed by atoms with Crippen LogP contribution in [0.15, 0.2) is 53.6 Å². The van der Waals surface area contributed by atoms with Crippen molar-refractivity contribution < 1.29 is 4.79 Å². The number of rotatable bonds is 5. The molecule has 0 bridgehead atoms. The number of aromatic nitrogens is 1. The third-order valence-corrected chi connectivity index (χ3v) is 5.00. The number of amides is 1. The molecule has 144 valence electrons. The molecule has 0 aliphatic rings. The van der Waals surface area contributed by atoms with Gasteiger partial charge in [-0.25, -0.2) is 5.43 Å². The van der Waals surface area contributed by atoms with Crippen LogP contribution in [0.5, 0.6) is 0 Å². The van der Waals surface area contributed by atoms with Crippen molar-refractivity contribution in [3.63, 3.8) is 0 Å². The largest absolute Gasteiger partial charge is 0.318 e. The lowest BCUT2D eigenvalue weighted by Gasteiger charge is -2.09. The van der Waals surface area contributed by atoms with Crippen molar-refractivity contribution in [2.45, 2.75) is 41.0 Å². The molecule has 0 atom stereocenters. The van der Waals surface area contributed by atoms with E-state index in [9.17, 15) is 4.79 Å². The van der Waals surface area contributed by atoms with Crippen molar-refractivity contribution in [3.8, 4) is 5.69 Å². The van der Waals surface area contributed by atoms with E-state index in [0.29, 0.717) is 6.42 Å². The summed E-state index contributed by atoms with van der Waals surface area (Å²) < 4.78 is 2.19. The summed E-state index contributed by atoms with van der Waals surface area (Å²) in [6.45, 7) is 10.3. The first kappa shape index (κ1) is 19.6. The molecule has 2 aromatic carbocycles. The number of carbonyl (C=O) groups excluding carboxylic acids is 1. The van der Waals surface area contributed by atoms with Gasteiger partial charge in [-0.3, -0.25) is 4.79 Å². The van der Waals surface area contributed by atoms with Crippen molar-refractivity contribution in [1.82, 2.24) is 9.99 Å². The second kappa shape index (κ2) is 8.26. The van der Waals surface area contributed by atoms with Gasteiger partial charge in [0, 0.05) is 22.6 Å². The number of hydrogen-bond acceptors (Lipinski definition) is 2. The summed E-state index contributed by atoms with van der Waals surface area (Å²) in [5.41, 5.74) is 11.6. The summed E-state index contributed by atoms with van der Waals surface area (Å²) >= 11 is 0. The van der Waals surface area contributed by atoms with Gasteiger partial charge in [0.25, 0.3) is 0 Å². The van der Waals surface area contributed by atoms with E-state index < -0.39 is 0 Å². The summed E-state index contributed by atoms with van der Waals surface area (Å²) in [7, 11) is 0. The van der Waals surface area contributed by atoms with Crippen molar-refractivity contribution in [3.05, 3.63) is 87.7 Å². The Morgan fingerprint density at radius 1 is 0.964 bits per heavy atom. The summed E-state index contributed by atoms with van der Waals surface area (Å²) in [6.07, 6.45) is 2.04. The Balaban J connectivity index is 1.70. The van der Waals surface area contributed by atoms with E-state index in [0.717, 1.165) is 33.8 Å². The molecule has 0 fully saturated rings. The zero-order chi connectivity index (χ0) is 20.3. The lowest BCUT2D eigenvalue weighted by Crippen LogP contribution is -2.20. The van der Waals surface area contributed by atoms with Crippen molar-refractivity contribution in [2.75, 3.05) is 0 Å². The number of nitrogens with one attached hydrogen (secondary N) is 1. The van der Waals surface area contributed by atoms with Gasteiger partial charge in [-0.1, -0.05) is 41.5 Å². The van der Waals surface area contributed by atoms with Crippen LogP contribution in [0, 0.1) is 34.6 Å². The third-order valence-electron chi connectivity index (χ3n) is 5.00. The molecule has 4 nitrogen and oxygen atoms in total. The molecule has 1 heterocycles. The van der Waals surface area contributed by atoms with Crippen LogP contribution >= 0.6 is 0 Å². The van der Waals surface area contributed by atoms with Crippen LogP contribution in [0.4, 0.5) is 0 Å². The molecule has 0 aliphatic heterocycles. The Morgan fingerprint density at radius 3 is 2.32 bits per heavy atom. The molecule has 1 aromatic heterocycles. The Bertz CT molecular complexity index is 1030. The van der Waals surface area contributed by atoms with Crippen LogP contribution in [0.2, 0.25) is 0 Å². The standard InChI is InChI=1S/C24H27N3O/c1-16-7-10-23(11-8-16)27-19(4)13-22(20(27)5)15-25-26-24(28)14-21-9-6-17(2)12-18(21)3/h6-13,15H,14H2,1-5H3,(H,26,28)/b25-15-. The fraction of sp³-hybridized carbons (Fsp3) is 0.250. The van der Waals surface area contributed by atoms with Gasteiger partial charge in [-0.15, -0.1) is 0 Å². The minimum absolute atomic E-state index is 0.115. The van der Waals surface area contributed by atoms with E-state index in [2.05, 4.69) is 72.3 Å². The fourth-order valence-corrected chi connectivity index (χ4v) is 3.44. The molecule has 0 saturated carbocycles. The van der Waals surface area contributed by atoms with Crippen LogP contribution in [0.1, 0.15) is 39.2 Å². The number of aryl methyl sites for hydroxylation is 4. The molecule has 1 N–H and O–H groups in total. The van der Waals surface area contributed by atoms with Crippen molar-refractivity contribution >= 4 is 12.1 Å². The maximum atomic E-state index is 12.2. The Kier molecular flexibility index (Phi) is 5.78. The predicted molar refractivity (Wildman–Crippen MR) is 115 cm³/mol.